The Hall–Kier alpha value is -1.15. The fraction of sp³-hybridized carbons (Fsp3) is 0.500. The Balaban J connectivity index is 2.31. The van der Waals surface area contributed by atoms with Gasteiger partial charge in [0.15, 0.2) is 0 Å². The molecule has 0 aliphatic carbocycles. The molecule has 1 aliphatic rings. The summed E-state index contributed by atoms with van der Waals surface area (Å²) in [7, 11) is -0.897. The molecule has 0 unspecified atom stereocenters. The van der Waals surface area contributed by atoms with Crippen molar-refractivity contribution in [1.29, 1.82) is 0 Å². The van der Waals surface area contributed by atoms with Crippen molar-refractivity contribution in [1.82, 2.24) is 4.31 Å². The molecule has 0 aromatic heterocycles. The van der Waals surface area contributed by atoms with Crippen LogP contribution >= 0.6 is 11.6 Å². The molecule has 0 radical (unpaired) electrons. The molecule has 0 saturated carbocycles. The van der Waals surface area contributed by atoms with Crippen LogP contribution in [0.2, 0.25) is 5.02 Å². The van der Waals surface area contributed by atoms with Crippen LogP contribution in [0.15, 0.2) is 23.1 Å². The van der Waals surface area contributed by atoms with Gasteiger partial charge in [0.2, 0.25) is 10.0 Å². The van der Waals surface area contributed by atoms with Crippen LogP contribution in [0.25, 0.3) is 0 Å². The standard InChI is InChI=1S/C14H18ClNO5S/c1-20-11-5-7-16(8-6-11)22(18,19)13-9-10(14(17)21-2)3-4-12(13)15/h3-4,9,11H,5-8H2,1-2H3. The van der Waals surface area contributed by atoms with E-state index < -0.39 is 16.0 Å². The van der Waals surface area contributed by atoms with Crippen molar-refractivity contribution in [2.75, 3.05) is 27.3 Å². The maximum absolute atomic E-state index is 12.7. The average molecular weight is 348 g/mol. The van der Waals surface area contributed by atoms with E-state index in [-0.39, 0.29) is 21.6 Å². The van der Waals surface area contributed by atoms with E-state index in [1.165, 1.54) is 29.6 Å². The molecule has 1 aliphatic heterocycles. The number of methoxy groups -OCH3 is 2. The second-order valence-electron chi connectivity index (χ2n) is 4.98. The van der Waals surface area contributed by atoms with Gasteiger partial charge in [-0.25, -0.2) is 13.2 Å². The summed E-state index contributed by atoms with van der Waals surface area (Å²) in [5.74, 6) is -0.605. The van der Waals surface area contributed by atoms with Gasteiger partial charge in [-0.1, -0.05) is 11.6 Å². The van der Waals surface area contributed by atoms with Crippen molar-refractivity contribution in [3.8, 4) is 0 Å². The van der Waals surface area contributed by atoms with Crippen LogP contribution in [0.1, 0.15) is 23.2 Å². The smallest absolute Gasteiger partial charge is 0.337 e. The lowest BCUT2D eigenvalue weighted by Gasteiger charge is -2.30. The Morgan fingerprint density at radius 3 is 2.45 bits per heavy atom. The summed E-state index contributed by atoms with van der Waals surface area (Å²) in [5, 5.41) is 0.0847. The molecule has 0 amide bonds. The molecular formula is C14H18ClNO5S. The summed E-state index contributed by atoms with van der Waals surface area (Å²) in [6, 6.07) is 4.08. The Morgan fingerprint density at radius 2 is 1.91 bits per heavy atom. The van der Waals surface area contributed by atoms with E-state index in [0.29, 0.717) is 25.9 Å². The summed E-state index contributed by atoms with van der Waals surface area (Å²) >= 11 is 6.02. The molecular weight excluding hydrogens is 330 g/mol. The molecule has 6 nitrogen and oxygen atoms in total. The van der Waals surface area contributed by atoms with Gasteiger partial charge in [-0.05, 0) is 31.0 Å². The third-order valence-corrected chi connectivity index (χ3v) is 6.08. The summed E-state index contributed by atoms with van der Waals surface area (Å²) in [6.07, 6.45) is 1.33. The maximum Gasteiger partial charge on any atom is 0.337 e. The van der Waals surface area contributed by atoms with Crippen molar-refractivity contribution < 1.29 is 22.7 Å². The van der Waals surface area contributed by atoms with E-state index in [1.807, 2.05) is 0 Å². The molecule has 0 spiro atoms. The predicted molar refractivity (Wildman–Crippen MR) is 81.6 cm³/mol. The van der Waals surface area contributed by atoms with Crippen LogP contribution in [0.4, 0.5) is 0 Å². The number of nitrogens with zero attached hydrogens (tertiary/aromatic N) is 1. The first-order valence-corrected chi connectivity index (χ1v) is 8.62. The molecule has 122 valence electrons. The monoisotopic (exact) mass is 347 g/mol. The highest BCUT2D eigenvalue weighted by Crippen LogP contribution is 2.28. The first kappa shape index (κ1) is 17.2. The number of rotatable bonds is 4. The first-order valence-electron chi connectivity index (χ1n) is 6.81. The number of halogens is 1. The quantitative estimate of drug-likeness (QED) is 0.778. The fourth-order valence-corrected chi connectivity index (χ4v) is 4.36. The number of sulfonamides is 1. The van der Waals surface area contributed by atoms with E-state index in [1.54, 1.807) is 7.11 Å². The van der Waals surface area contributed by atoms with Gasteiger partial charge in [-0.2, -0.15) is 4.31 Å². The average Bonchev–Trinajstić information content (AvgIpc) is 2.54. The summed E-state index contributed by atoms with van der Waals surface area (Å²) in [6.45, 7) is 0.721. The van der Waals surface area contributed by atoms with Crippen LogP contribution in [0.3, 0.4) is 0 Å². The normalized spacial score (nSPS) is 17.4. The topological polar surface area (TPSA) is 72.9 Å². The number of carbonyl (C=O) groups is 1. The molecule has 2 rings (SSSR count). The third-order valence-electron chi connectivity index (χ3n) is 3.70. The minimum Gasteiger partial charge on any atom is -0.465 e. The summed E-state index contributed by atoms with van der Waals surface area (Å²) in [4.78, 5) is 11.5. The Bertz CT molecular complexity index is 653. The van der Waals surface area contributed by atoms with Gasteiger partial charge in [0, 0.05) is 20.2 Å². The number of hydrogen-bond acceptors (Lipinski definition) is 5. The second-order valence-corrected chi connectivity index (χ2v) is 7.29. The highest BCUT2D eigenvalue weighted by Gasteiger charge is 2.31. The van der Waals surface area contributed by atoms with Gasteiger partial charge in [0.25, 0.3) is 0 Å². The van der Waals surface area contributed by atoms with Gasteiger partial charge in [-0.15, -0.1) is 0 Å². The van der Waals surface area contributed by atoms with E-state index in [0.717, 1.165) is 0 Å². The number of hydrogen-bond donors (Lipinski definition) is 0. The Morgan fingerprint density at radius 1 is 1.27 bits per heavy atom. The lowest BCUT2D eigenvalue weighted by molar-refractivity contribution is 0.0600. The first-order chi connectivity index (χ1) is 10.4. The molecule has 0 atom stereocenters. The van der Waals surface area contributed by atoms with Gasteiger partial charge < -0.3 is 9.47 Å². The molecule has 0 N–H and O–H groups in total. The molecule has 22 heavy (non-hydrogen) atoms. The minimum absolute atomic E-state index is 0.0725. The third kappa shape index (κ3) is 3.43. The van der Waals surface area contributed by atoms with Crippen molar-refractivity contribution in [2.45, 2.75) is 23.8 Å². The summed E-state index contributed by atoms with van der Waals surface area (Å²) in [5.41, 5.74) is 0.150. The number of piperidine rings is 1. The molecule has 8 heteroatoms. The van der Waals surface area contributed by atoms with E-state index in [2.05, 4.69) is 4.74 Å². The molecule has 1 aromatic rings. The zero-order valence-electron chi connectivity index (χ0n) is 12.4. The van der Waals surface area contributed by atoms with Gasteiger partial charge in [0.05, 0.1) is 23.8 Å². The largest absolute Gasteiger partial charge is 0.465 e. The van der Waals surface area contributed by atoms with E-state index in [9.17, 15) is 13.2 Å². The maximum atomic E-state index is 12.7. The van der Waals surface area contributed by atoms with Gasteiger partial charge >= 0.3 is 5.97 Å². The Kier molecular flexibility index (Phi) is 5.44. The molecule has 0 bridgehead atoms. The van der Waals surface area contributed by atoms with Crippen molar-refractivity contribution in [3.05, 3.63) is 28.8 Å². The van der Waals surface area contributed by atoms with Crippen molar-refractivity contribution in [3.63, 3.8) is 0 Å². The fourth-order valence-electron chi connectivity index (χ4n) is 2.39. The number of esters is 1. The van der Waals surface area contributed by atoms with Crippen LogP contribution in [-0.2, 0) is 19.5 Å². The highest BCUT2D eigenvalue weighted by atomic mass is 35.5. The van der Waals surface area contributed by atoms with E-state index >= 15 is 0 Å². The van der Waals surface area contributed by atoms with Crippen LogP contribution in [0, 0.1) is 0 Å². The predicted octanol–water partition coefficient (Wildman–Crippen LogP) is 1.93. The van der Waals surface area contributed by atoms with Crippen LogP contribution in [0.5, 0.6) is 0 Å². The summed E-state index contributed by atoms with van der Waals surface area (Å²) < 4.78 is 36.6. The van der Waals surface area contributed by atoms with Crippen LogP contribution < -0.4 is 0 Å². The minimum atomic E-state index is -3.75. The molecule has 1 fully saturated rings. The number of benzene rings is 1. The zero-order chi connectivity index (χ0) is 16.3. The molecule has 1 heterocycles. The van der Waals surface area contributed by atoms with Crippen molar-refractivity contribution in [2.24, 2.45) is 0 Å². The lowest BCUT2D eigenvalue weighted by atomic mass is 10.1. The molecule has 1 saturated heterocycles. The van der Waals surface area contributed by atoms with Crippen molar-refractivity contribution >= 4 is 27.6 Å². The van der Waals surface area contributed by atoms with Crippen LogP contribution in [-0.4, -0.2) is 52.1 Å². The number of carbonyl (C=O) groups excluding carboxylic acids is 1. The van der Waals surface area contributed by atoms with Gasteiger partial charge in [-0.3, -0.25) is 0 Å². The lowest BCUT2D eigenvalue weighted by Crippen LogP contribution is -2.40. The highest BCUT2D eigenvalue weighted by molar-refractivity contribution is 7.89. The zero-order valence-corrected chi connectivity index (χ0v) is 14.0. The Labute approximate surface area is 135 Å². The number of ether oxygens (including phenoxy) is 2. The second kappa shape index (κ2) is 6.95. The molecule has 1 aromatic carbocycles. The van der Waals surface area contributed by atoms with E-state index in [4.69, 9.17) is 16.3 Å². The SMILES string of the molecule is COC(=O)c1ccc(Cl)c(S(=O)(=O)N2CCC(OC)CC2)c1. The van der Waals surface area contributed by atoms with Gasteiger partial charge in [0.1, 0.15) is 4.90 Å².